The lowest BCUT2D eigenvalue weighted by Crippen LogP contribution is -2.17. The van der Waals surface area contributed by atoms with E-state index in [2.05, 4.69) is 4.98 Å². The van der Waals surface area contributed by atoms with Crippen molar-refractivity contribution in [1.29, 1.82) is 0 Å². The zero-order valence-corrected chi connectivity index (χ0v) is 10.1. The number of pyridine rings is 1. The third-order valence-corrected chi connectivity index (χ3v) is 4.09. The van der Waals surface area contributed by atoms with Crippen LogP contribution >= 0.6 is 11.8 Å². The Bertz CT molecular complexity index is 375. The number of rotatable bonds is 3. The molecular weight excluding hydrogens is 222 g/mol. The fraction of sp³-hybridized carbons (Fsp3) is 0.500. The lowest BCUT2D eigenvalue weighted by atomic mass is 10.2. The molecule has 0 amide bonds. The molecule has 2 rings (SSSR count). The summed E-state index contributed by atoms with van der Waals surface area (Å²) in [6, 6.07) is 1.89. The number of ether oxygens (including phenoxy) is 1. The number of hydrogen-bond donors (Lipinski definition) is 0. The molecule has 0 N–H and O–H groups in total. The van der Waals surface area contributed by atoms with Gasteiger partial charge in [0.2, 0.25) is 0 Å². The quantitative estimate of drug-likeness (QED) is 0.757. The molecule has 1 fully saturated rings. The Morgan fingerprint density at radius 3 is 2.88 bits per heavy atom. The molecule has 1 aliphatic heterocycles. The van der Waals surface area contributed by atoms with Crippen molar-refractivity contribution in [3.8, 4) is 0 Å². The lowest BCUT2D eigenvalue weighted by Gasteiger charge is -2.21. The molecule has 86 valence electrons. The molecule has 2 heterocycles. The Balaban J connectivity index is 2.05. The standard InChI is InChI=1S/C12H15NO2S/c1-9-6-10(8-14)7-13-12(9)16-11-2-4-15-5-3-11/h6-8,11H,2-5H2,1H3. The van der Waals surface area contributed by atoms with Gasteiger partial charge in [0.15, 0.2) is 6.29 Å². The highest BCUT2D eigenvalue weighted by Crippen LogP contribution is 2.30. The fourth-order valence-corrected chi connectivity index (χ4v) is 2.83. The molecule has 0 spiro atoms. The van der Waals surface area contributed by atoms with Gasteiger partial charge in [-0.2, -0.15) is 0 Å². The van der Waals surface area contributed by atoms with Crippen molar-refractivity contribution in [1.82, 2.24) is 4.98 Å². The molecule has 0 atom stereocenters. The van der Waals surface area contributed by atoms with E-state index in [0.29, 0.717) is 10.8 Å². The highest BCUT2D eigenvalue weighted by atomic mass is 32.2. The molecular formula is C12H15NO2S. The van der Waals surface area contributed by atoms with E-state index in [1.54, 1.807) is 18.0 Å². The summed E-state index contributed by atoms with van der Waals surface area (Å²) >= 11 is 1.80. The number of carbonyl (C=O) groups excluding carboxylic acids is 1. The van der Waals surface area contributed by atoms with Crippen LogP contribution in [0.25, 0.3) is 0 Å². The van der Waals surface area contributed by atoms with Gasteiger partial charge in [-0.25, -0.2) is 4.98 Å². The van der Waals surface area contributed by atoms with Crippen LogP contribution in [0.4, 0.5) is 0 Å². The summed E-state index contributed by atoms with van der Waals surface area (Å²) in [4.78, 5) is 14.9. The molecule has 1 saturated heterocycles. The SMILES string of the molecule is Cc1cc(C=O)cnc1SC1CCOCC1. The Morgan fingerprint density at radius 1 is 1.50 bits per heavy atom. The van der Waals surface area contributed by atoms with Crippen LogP contribution in [-0.2, 0) is 4.74 Å². The number of aldehydes is 1. The molecule has 3 nitrogen and oxygen atoms in total. The fourth-order valence-electron chi connectivity index (χ4n) is 1.72. The van der Waals surface area contributed by atoms with E-state index in [4.69, 9.17) is 4.74 Å². The Hall–Kier alpha value is -0.870. The first-order chi connectivity index (χ1) is 7.79. The average Bonchev–Trinajstić information content (AvgIpc) is 2.33. The monoisotopic (exact) mass is 237 g/mol. The normalized spacial score (nSPS) is 17.3. The van der Waals surface area contributed by atoms with Gasteiger partial charge in [0.1, 0.15) is 0 Å². The second kappa shape index (κ2) is 5.46. The summed E-state index contributed by atoms with van der Waals surface area (Å²) in [7, 11) is 0. The summed E-state index contributed by atoms with van der Waals surface area (Å²) in [6.45, 7) is 3.70. The summed E-state index contributed by atoms with van der Waals surface area (Å²) in [5, 5.41) is 1.64. The predicted octanol–water partition coefficient (Wildman–Crippen LogP) is 2.47. The third-order valence-electron chi connectivity index (χ3n) is 2.63. The second-order valence-electron chi connectivity index (χ2n) is 3.94. The number of nitrogens with zero attached hydrogens (tertiary/aromatic N) is 1. The summed E-state index contributed by atoms with van der Waals surface area (Å²) in [5.41, 5.74) is 1.73. The Morgan fingerprint density at radius 2 is 2.25 bits per heavy atom. The molecule has 0 radical (unpaired) electrons. The summed E-state index contributed by atoms with van der Waals surface area (Å²) in [6.07, 6.45) is 4.65. The van der Waals surface area contributed by atoms with Crippen LogP contribution in [0.3, 0.4) is 0 Å². The number of carbonyl (C=O) groups is 1. The van der Waals surface area contributed by atoms with Crippen molar-refractivity contribution in [3.63, 3.8) is 0 Å². The van der Waals surface area contributed by atoms with Crippen LogP contribution in [0, 0.1) is 6.92 Å². The number of aryl methyl sites for hydroxylation is 1. The van der Waals surface area contributed by atoms with Crippen LogP contribution in [0.15, 0.2) is 17.3 Å². The predicted molar refractivity (Wildman–Crippen MR) is 64.1 cm³/mol. The van der Waals surface area contributed by atoms with Crippen LogP contribution < -0.4 is 0 Å². The maximum Gasteiger partial charge on any atom is 0.151 e. The molecule has 4 heteroatoms. The van der Waals surface area contributed by atoms with Crippen molar-refractivity contribution in [2.75, 3.05) is 13.2 Å². The second-order valence-corrected chi connectivity index (χ2v) is 5.23. The van der Waals surface area contributed by atoms with Crippen molar-refractivity contribution >= 4 is 18.0 Å². The maximum absolute atomic E-state index is 10.6. The highest BCUT2D eigenvalue weighted by Gasteiger charge is 2.16. The van der Waals surface area contributed by atoms with Gasteiger partial charge in [0.25, 0.3) is 0 Å². The van der Waals surface area contributed by atoms with Gasteiger partial charge in [-0.15, -0.1) is 11.8 Å². The average molecular weight is 237 g/mol. The van der Waals surface area contributed by atoms with Gasteiger partial charge in [-0.1, -0.05) is 0 Å². The molecule has 1 aliphatic rings. The van der Waals surface area contributed by atoms with Crippen molar-refractivity contribution < 1.29 is 9.53 Å². The molecule has 0 bridgehead atoms. The van der Waals surface area contributed by atoms with Crippen molar-refractivity contribution in [2.24, 2.45) is 0 Å². The highest BCUT2D eigenvalue weighted by molar-refractivity contribution is 7.99. The van der Waals surface area contributed by atoms with Crippen molar-refractivity contribution in [2.45, 2.75) is 30.0 Å². The molecule has 0 unspecified atom stereocenters. The topological polar surface area (TPSA) is 39.2 Å². The smallest absolute Gasteiger partial charge is 0.151 e. The van der Waals surface area contributed by atoms with Crippen LogP contribution in [-0.4, -0.2) is 29.7 Å². The first-order valence-corrected chi connectivity index (χ1v) is 6.34. The number of thioether (sulfide) groups is 1. The minimum absolute atomic E-state index is 0.599. The molecule has 0 aromatic carbocycles. The van der Waals surface area contributed by atoms with Crippen molar-refractivity contribution in [3.05, 3.63) is 23.4 Å². The minimum Gasteiger partial charge on any atom is -0.381 e. The summed E-state index contributed by atoms with van der Waals surface area (Å²) in [5.74, 6) is 0. The van der Waals surface area contributed by atoms with E-state index < -0.39 is 0 Å². The van der Waals surface area contributed by atoms with Crippen LogP contribution in [0.5, 0.6) is 0 Å². The third kappa shape index (κ3) is 2.83. The van der Waals surface area contributed by atoms with Gasteiger partial charge >= 0.3 is 0 Å². The van der Waals surface area contributed by atoms with E-state index in [9.17, 15) is 4.79 Å². The largest absolute Gasteiger partial charge is 0.381 e. The van der Waals surface area contributed by atoms with E-state index in [1.807, 2.05) is 13.0 Å². The first-order valence-electron chi connectivity index (χ1n) is 5.46. The van der Waals surface area contributed by atoms with Gasteiger partial charge < -0.3 is 4.74 Å². The van der Waals surface area contributed by atoms with E-state index in [0.717, 1.165) is 42.9 Å². The van der Waals surface area contributed by atoms with Gasteiger partial charge in [-0.3, -0.25) is 4.79 Å². The first kappa shape index (κ1) is 11.6. The van der Waals surface area contributed by atoms with Crippen LogP contribution in [0.1, 0.15) is 28.8 Å². The Labute approximate surface area is 99.6 Å². The van der Waals surface area contributed by atoms with E-state index in [1.165, 1.54) is 0 Å². The zero-order chi connectivity index (χ0) is 11.4. The molecule has 0 aliphatic carbocycles. The van der Waals surface area contributed by atoms with Gasteiger partial charge in [0, 0.05) is 30.2 Å². The minimum atomic E-state index is 0.599. The molecule has 1 aromatic heterocycles. The molecule has 0 saturated carbocycles. The molecule has 1 aromatic rings. The zero-order valence-electron chi connectivity index (χ0n) is 9.31. The van der Waals surface area contributed by atoms with E-state index >= 15 is 0 Å². The number of aromatic nitrogens is 1. The van der Waals surface area contributed by atoms with E-state index in [-0.39, 0.29) is 0 Å². The summed E-state index contributed by atoms with van der Waals surface area (Å²) < 4.78 is 5.32. The van der Waals surface area contributed by atoms with Crippen LogP contribution in [0.2, 0.25) is 0 Å². The number of hydrogen-bond acceptors (Lipinski definition) is 4. The van der Waals surface area contributed by atoms with Gasteiger partial charge in [0.05, 0.1) is 5.03 Å². The van der Waals surface area contributed by atoms with Gasteiger partial charge in [-0.05, 0) is 31.4 Å². The Kier molecular flexibility index (Phi) is 3.96. The lowest BCUT2D eigenvalue weighted by molar-refractivity contribution is 0.1000. The maximum atomic E-state index is 10.6. The molecule has 16 heavy (non-hydrogen) atoms.